The fourth-order valence-electron chi connectivity index (χ4n) is 3.61. The molecule has 0 aromatic heterocycles. The summed E-state index contributed by atoms with van der Waals surface area (Å²) in [5.74, 6) is 1.38. The lowest BCUT2D eigenvalue weighted by Crippen LogP contribution is -2.44. The molecule has 1 heterocycles. The predicted molar refractivity (Wildman–Crippen MR) is 80.6 cm³/mol. The minimum atomic E-state index is -0.00255. The second-order valence-electron chi connectivity index (χ2n) is 6.02. The fourth-order valence-corrected chi connectivity index (χ4v) is 3.74. The van der Waals surface area contributed by atoms with Crippen LogP contribution in [-0.2, 0) is 4.79 Å². The van der Waals surface area contributed by atoms with Crippen molar-refractivity contribution >= 4 is 17.5 Å². The Labute approximate surface area is 125 Å². The number of benzene rings is 1. The number of amides is 1. The molecule has 1 amide bonds. The van der Waals surface area contributed by atoms with Crippen LogP contribution in [0, 0.1) is 11.8 Å². The summed E-state index contributed by atoms with van der Waals surface area (Å²) in [6, 6.07) is 7.67. The average Bonchev–Trinajstić information content (AvgIpc) is 3.01. The van der Waals surface area contributed by atoms with E-state index < -0.39 is 0 Å². The van der Waals surface area contributed by atoms with Crippen LogP contribution >= 0.6 is 11.6 Å². The summed E-state index contributed by atoms with van der Waals surface area (Å²) in [6.45, 7) is 3.01. The highest BCUT2D eigenvalue weighted by atomic mass is 35.5. The van der Waals surface area contributed by atoms with Crippen LogP contribution in [-0.4, -0.2) is 18.5 Å². The molecule has 1 aliphatic carbocycles. The molecule has 3 unspecified atom stereocenters. The Bertz CT molecular complexity index is 488. The van der Waals surface area contributed by atoms with Crippen molar-refractivity contribution in [3.63, 3.8) is 0 Å². The second kappa shape index (κ2) is 5.74. The topological polar surface area (TPSA) is 41.1 Å². The first-order valence-electron chi connectivity index (χ1n) is 7.44. The van der Waals surface area contributed by atoms with Gasteiger partial charge in [0.2, 0.25) is 5.91 Å². The summed E-state index contributed by atoms with van der Waals surface area (Å²) >= 11 is 5.89. The molecule has 0 bridgehead atoms. The smallest absolute Gasteiger partial charge is 0.237 e. The van der Waals surface area contributed by atoms with Crippen molar-refractivity contribution in [1.82, 2.24) is 10.6 Å². The second-order valence-corrected chi connectivity index (χ2v) is 6.46. The van der Waals surface area contributed by atoms with Crippen LogP contribution in [0.15, 0.2) is 24.3 Å². The molecule has 20 heavy (non-hydrogen) atoms. The van der Waals surface area contributed by atoms with Gasteiger partial charge in [0.25, 0.3) is 0 Å². The van der Waals surface area contributed by atoms with Gasteiger partial charge in [-0.1, -0.05) is 30.2 Å². The maximum Gasteiger partial charge on any atom is 0.237 e. The van der Waals surface area contributed by atoms with Crippen LogP contribution in [0.5, 0.6) is 0 Å². The number of nitrogens with one attached hydrogen (secondary N) is 2. The summed E-state index contributed by atoms with van der Waals surface area (Å²) in [5, 5.41) is 7.24. The van der Waals surface area contributed by atoms with Crippen molar-refractivity contribution in [1.29, 1.82) is 0 Å². The third kappa shape index (κ3) is 2.70. The van der Waals surface area contributed by atoms with Crippen LogP contribution in [0.4, 0.5) is 0 Å². The molecule has 4 heteroatoms. The average molecular weight is 293 g/mol. The first-order chi connectivity index (χ1) is 9.65. The lowest BCUT2D eigenvalue weighted by Gasteiger charge is -2.21. The zero-order valence-electron chi connectivity index (χ0n) is 11.7. The van der Waals surface area contributed by atoms with E-state index in [1.807, 2.05) is 31.2 Å². The molecular formula is C16H21ClN2O. The molecular weight excluding hydrogens is 272 g/mol. The number of rotatable bonds is 3. The molecule has 0 spiro atoms. The highest BCUT2D eigenvalue weighted by Crippen LogP contribution is 2.37. The van der Waals surface area contributed by atoms with Crippen LogP contribution in [0.3, 0.4) is 0 Å². The third-order valence-electron chi connectivity index (χ3n) is 4.76. The number of carbonyl (C=O) groups is 1. The summed E-state index contributed by atoms with van der Waals surface area (Å²) in [4.78, 5) is 12.4. The normalized spacial score (nSPS) is 30.0. The third-order valence-corrected chi connectivity index (χ3v) is 5.01. The van der Waals surface area contributed by atoms with E-state index >= 15 is 0 Å². The van der Waals surface area contributed by atoms with Gasteiger partial charge in [-0.15, -0.1) is 0 Å². The fraction of sp³-hybridized carbons (Fsp3) is 0.562. The summed E-state index contributed by atoms with van der Waals surface area (Å²) < 4.78 is 0. The molecule has 4 atom stereocenters. The largest absolute Gasteiger partial charge is 0.348 e. The van der Waals surface area contributed by atoms with E-state index in [1.54, 1.807) is 0 Å². The summed E-state index contributed by atoms with van der Waals surface area (Å²) in [5.41, 5.74) is 1.09. The van der Waals surface area contributed by atoms with Crippen LogP contribution in [0.2, 0.25) is 5.02 Å². The van der Waals surface area contributed by atoms with E-state index in [0.717, 1.165) is 17.1 Å². The Kier molecular flexibility index (Phi) is 3.99. The lowest BCUT2D eigenvalue weighted by molar-refractivity contribution is -0.124. The van der Waals surface area contributed by atoms with E-state index in [-0.39, 0.29) is 18.0 Å². The van der Waals surface area contributed by atoms with Gasteiger partial charge in [0.05, 0.1) is 12.1 Å². The highest BCUT2D eigenvalue weighted by Gasteiger charge is 2.42. The maximum atomic E-state index is 12.4. The van der Waals surface area contributed by atoms with E-state index in [2.05, 4.69) is 10.6 Å². The summed E-state index contributed by atoms with van der Waals surface area (Å²) in [7, 11) is 0. The van der Waals surface area contributed by atoms with Crippen molar-refractivity contribution < 1.29 is 4.79 Å². The summed E-state index contributed by atoms with van der Waals surface area (Å²) in [6.07, 6.45) is 3.73. The minimum Gasteiger partial charge on any atom is -0.348 e. The number of halogens is 1. The zero-order valence-corrected chi connectivity index (χ0v) is 12.5. The molecule has 108 valence electrons. The van der Waals surface area contributed by atoms with Gasteiger partial charge < -0.3 is 10.6 Å². The number of fused-ring (bicyclic) bond motifs is 1. The van der Waals surface area contributed by atoms with E-state index in [0.29, 0.717) is 11.8 Å². The van der Waals surface area contributed by atoms with Gasteiger partial charge in [-0.05, 0) is 55.8 Å². The molecule has 2 fully saturated rings. The van der Waals surface area contributed by atoms with E-state index in [4.69, 9.17) is 11.6 Å². The Balaban J connectivity index is 1.62. The molecule has 1 saturated carbocycles. The van der Waals surface area contributed by atoms with Crippen molar-refractivity contribution in [2.24, 2.45) is 11.8 Å². The van der Waals surface area contributed by atoms with Crippen molar-refractivity contribution in [3.8, 4) is 0 Å². The zero-order chi connectivity index (χ0) is 14.1. The van der Waals surface area contributed by atoms with Gasteiger partial charge >= 0.3 is 0 Å². The van der Waals surface area contributed by atoms with E-state index in [9.17, 15) is 4.79 Å². The first kappa shape index (κ1) is 13.9. The Morgan fingerprint density at radius 1 is 1.35 bits per heavy atom. The van der Waals surface area contributed by atoms with Gasteiger partial charge in [0, 0.05) is 5.02 Å². The Morgan fingerprint density at radius 2 is 2.10 bits per heavy atom. The molecule has 3 nitrogen and oxygen atoms in total. The van der Waals surface area contributed by atoms with Crippen LogP contribution in [0.1, 0.15) is 37.8 Å². The highest BCUT2D eigenvalue weighted by molar-refractivity contribution is 6.30. The van der Waals surface area contributed by atoms with E-state index in [1.165, 1.54) is 19.3 Å². The van der Waals surface area contributed by atoms with Crippen LogP contribution < -0.4 is 10.6 Å². The molecule has 1 saturated heterocycles. The number of carbonyl (C=O) groups excluding carboxylic acids is 1. The number of hydrogen-bond donors (Lipinski definition) is 2. The maximum absolute atomic E-state index is 12.4. The predicted octanol–water partition coefficient (Wildman–Crippen LogP) is 2.91. The van der Waals surface area contributed by atoms with Crippen molar-refractivity contribution in [2.75, 3.05) is 6.54 Å². The first-order valence-corrected chi connectivity index (χ1v) is 7.82. The van der Waals surface area contributed by atoms with Gasteiger partial charge in [-0.2, -0.15) is 0 Å². The molecule has 1 aliphatic heterocycles. The quantitative estimate of drug-likeness (QED) is 0.899. The standard InChI is InChI=1S/C16H21ClN2O/c1-10(11-5-7-13(17)8-6-11)19-16(20)15-14-4-2-3-12(14)9-18-15/h5-8,10,12,14-15,18H,2-4,9H2,1H3,(H,19,20)/t10-,12?,14?,15?/m0/s1. The molecule has 1 aromatic carbocycles. The molecule has 0 radical (unpaired) electrons. The number of hydrogen-bond acceptors (Lipinski definition) is 2. The molecule has 2 aliphatic rings. The van der Waals surface area contributed by atoms with Gasteiger partial charge in [-0.3, -0.25) is 4.79 Å². The Hall–Kier alpha value is -1.06. The molecule has 1 aromatic rings. The van der Waals surface area contributed by atoms with Gasteiger partial charge in [0.15, 0.2) is 0 Å². The van der Waals surface area contributed by atoms with Gasteiger partial charge in [-0.25, -0.2) is 0 Å². The Morgan fingerprint density at radius 3 is 2.85 bits per heavy atom. The molecule has 3 rings (SSSR count). The van der Waals surface area contributed by atoms with Crippen molar-refractivity contribution in [2.45, 2.75) is 38.3 Å². The van der Waals surface area contributed by atoms with Crippen molar-refractivity contribution in [3.05, 3.63) is 34.9 Å². The minimum absolute atomic E-state index is 0.00255. The van der Waals surface area contributed by atoms with Gasteiger partial charge in [0.1, 0.15) is 0 Å². The SMILES string of the molecule is C[C@H](NC(=O)C1NCC2CCCC21)c1ccc(Cl)cc1. The monoisotopic (exact) mass is 292 g/mol. The molecule has 2 N–H and O–H groups in total. The van der Waals surface area contributed by atoms with Crippen LogP contribution in [0.25, 0.3) is 0 Å². The lowest BCUT2D eigenvalue weighted by atomic mass is 9.93.